The van der Waals surface area contributed by atoms with Crippen LogP contribution in [-0.2, 0) is 6.42 Å². The number of carbonyl (C=O) groups is 1. The van der Waals surface area contributed by atoms with Crippen molar-refractivity contribution in [3.05, 3.63) is 57.9 Å². The van der Waals surface area contributed by atoms with E-state index in [2.05, 4.69) is 23.3 Å². The normalized spacial score (nSPS) is 13.9. The van der Waals surface area contributed by atoms with Crippen molar-refractivity contribution in [3.8, 4) is 5.75 Å². The SMILES string of the molecule is Cc1ccc(Cc2cc3c(c(C)c2C)OCCNC3=O)cn1. The largest absolute Gasteiger partial charge is 0.491 e. The van der Waals surface area contributed by atoms with E-state index in [-0.39, 0.29) is 5.91 Å². The van der Waals surface area contributed by atoms with Crippen molar-refractivity contribution < 1.29 is 9.53 Å². The predicted octanol–water partition coefficient (Wildman–Crippen LogP) is 2.72. The van der Waals surface area contributed by atoms with Gasteiger partial charge in [0.25, 0.3) is 5.91 Å². The summed E-state index contributed by atoms with van der Waals surface area (Å²) < 4.78 is 5.76. The standard InChI is InChI=1S/C18H20N2O2/c1-11-4-5-14(10-20-11)8-15-9-16-17(13(3)12(15)2)22-7-6-19-18(16)21/h4-5,9-10H,6-8H2,1-3H3,(H,19,21). The van der Waals surface area contributed by atoms with Crippen LogP contribution in [0.25, 0.3) is 0 Å². The molecule has 1 aliphatic heterocycles. The van der Waals surface area contributed by atoms with E-state index in [9.17, 15) is 4.79 Å². The molecule has 0 bridgehead atoms. The van der Waals surface area contributed by atoms with Gasteiger partial charge >= 0.3 is 0 Å². The monoisotopic (exact) mass is 296 g/mol. The minimum absolute atomic E-state index is 0.0566. The molecule has 114 valence electrons. The van der Waals surface area contributed by atoms with Gasteiger partial charge in [0.2, 0.25) is 0 Å². The van der Waals surface area contributed by atoms with Crippen LogP contribution in [0, 0.1) is 20.8 Å². The molecule has 0 atom stereocenters. The smallest absolute Gasteiger partial charge is 0.255 e. The van der Waals surface area contributed by atoms with Gasteiger partial charge in [-0.3, -0.25) is 9.78 Å². The van der Waals surface area contributed by atoms with Crippen LogP contribution in [0.3, 0.4) is 0 Å². The first kappa shape index (κ1) is 14.6. The Labute approximate surface area is 130 Å². The third-order valence-corrected chi connectivity index (χ3v) is 4.19. The molecule has 0 spiro atoms. The molecule has 22 heavy (non-hydrogen) atoms. The van der Waals surface area contributed by atoms with Crippen molar-refractivity contribution in [3.63, 3.8) is 0 Å². The maximum Gasteiger partial charge on any atom is 0.255 e. The fourth-order valence-corrected chi connectivity index (χ4v) is 2.74. The van der Waals surface area contributed by atoms with E-state index < -0.39 is 0 Å². The van der Waals surface area contributed by atoms with Gasteiger partial charge in [-0.2, -0.15) is 0 Å². The van der Waals surface area contributed by atoms with Crippen molar-refractivity contribution in [1.82, 2.24) is 10.3 Å². The zero-order valence-corrected chi connectivity index (χ0v) is 13.2. The van der Waals surface area contributed by atoms with E-state index in [0.717, 1.165) is 34.6 Å². The topological polar surface area (TPSA) is 51.2 Å². The van der Waals surface area contributed by atoms with Crippen molar-refractivity contribution in [2.75, 3.05) is 13.2 Å². The zero-order valence-electron chi connectivity index (χ0n) is 13.2. The summed E-state index contributed by atoms with van der Waals surface area (Å²) in [6.45, 7) is 7.13. The highest BCUT2D eigenvalue weighted by Gasteiger charge is 2.21. The maximum atomic E-state index is 12.2. The molecule has 0 fully saturated rings. The van der Waals surface area contributed by atoms with Gasteiger partial charge < -0.3 is 10.1 Å². The highest BCUT2D eigenvalue weighted by molar-refractivity contribution is 5.98. The minimum atomic E-state index is -0.0566. The molecule has 0 saturated carbocycles. The molecule has 0 radical (unpaired) electrons. The molecule has 1 aliphatic rings. The second kappa shape index (κ2) is 5.79. The second-order valence-corrected chi connectivity index (χ2v) is 5.75. The fraction of sp³-hybridized carbons (Fsp3) is 0.333. The van der Waals surface area contributed by atoms with Crippen LogP contribution in [-0.4, -0.2) is 24.0 Å². The second-order valence-electron chi connectivity index (χ2n) is 5.75. The molecule has 1 N–H and O–H groups in total. The average Bonchev–Trinajstić information content (AvgIpc) is 2.69. The maximum absolute atomic E-state index is 12.2. The number of pyridine rings is 1. The summed E-state index contributed by atoms with van der Waals surface area (Å²) in [5, 5.41) is 2.87. The lowest BCUT2D eigenvalue weighted by molar-refractivity contribution is 0.0957. The molecule has 3 rings (SSSR count). The number of rotatable bonds is 2. The molecule has 2 aromatic rings. The van der Waals surface area contributed by atoms with Crippen LogP contribution < -0.4 is 10.1 Å². The molecule has 1 amide bonds. The first-order valence-electron chi connectivity index (χ1n) is 7.52. The summed E-state index contributed by atoms with van der Waals surface area (Å²) in [4.78, 5) is 16.6. The van der Waals surface area contributed by atoms with Gasteiger partial charge in [0.05, 0.1) is 12.1 Å². The van der Waals surface area contributed by atoms with Gasteiger partial charge in [0.1, 0.15) is 12.4 Å². The summed E-state index contributed by atoms with van der Waals surface area (Å²) in [5.41, 5.74) is 6.14. The number of hydrogen-bond acceptors (Lipinski definition) is 3. The number of ether oxygens (including phenoxy) is 1. The Morgan fingerprint density at radius 2 is 2.05 bits per heavy atom. The summed E-state index contributed by atoms with van der Waals surface area (Å²) in [5.74, 6) is 0.664. The summed E-state index contributed by atoms with van der Waals surface area (Å²) >= 11 is 0. The highest BCUT2D eigenvalue weighted by Crippen LogP contribution is 2.31. The third-order valence-electron chi connectivity index (χ3n) is 4.19. The fourth-order valence-electron chi connectivity index (χ4n) is 2.74. The Bertz CT molecular complexity index is 721. The quantitative estimate of drug-likeness (QED) is 0.927. The van der Waals surface area contributed by atoms with Gasteiger partial charge in [-0.25, -0.2) is 0 Å². The Kier molecular flexibility index (Phi) is 3.84. The Balaban J connectivity index is 2.03. The van der Waals surface area contributed by atoms with E-state index in [1.165, 1.54) is 5.56 Å². The Morgan fingerprint density at radius 1 is 1.23 bits per heavy atom. The van der Waals surface area contributed by atoms with Gasteiger partial charge in [-0.1, -0.05) is 6.07 Å². The van der Waals surface area contributed by atoms with E-state index in [1.807, 2.05) is 32.2 Å². The number of carbonyl (C=O) groups excluding carboxylic acids is 1. The number of amides is 1. The van der Waals surface area contributed by atoms with Crippen LogP contribution in [0.15, 0.2) is 24.4 Å². The van der Waals surface area contributed by atoms with Crippen molar-refractivity contribution in [2.45, 2.75) is 27.2 Å². The highest BCUT2D eigenvalue weighted by atomic mass is 16.5. The Morgan fingerprint density at radius 3 is 2.77 bits per heavy atom. The molecule has 2 heterocycles. The van der Waals surface area contributed by atoms with Crippen molar-refractivity contribution >= 4 is 5.91 Å². The lowest BCUT2D eigenvalue weighted by Crippen LogP contribution is -2.24. The molecular formula is C18H20N2O2. The van der Waals surface area contributed by atoms with Crippen LogP contribution in [0.1, 0.15) is 38.3 Å². The predicted molar refractivity (Wildman–Crippen MR) is 85.5 cm³/mol. The molecule has 1 aromatic carbocycles. The first-order chi connectivity index (χ1) is 10.6. The number of aromatic nitrogens is 1. The number of nitrogens with zero attached hydrogens (tertiary/aromatic N) is 1. The zero-order chi connectivity index (χ0) is 15.7. The van der Waals surface area contributed by atoms with Gasteiger partial charge in [0, 0.05) is 11.9 Å². The molecule has 0 saturated heterocycles. The van der Waals surface area contributed by atoms with E-state index in [0.29, 0.717) is 18.7 Å². The molecule has 4 nitrogen and oxygen atoms in total. The molecular weight excluding hydrogens is 276 g/mol. The lowest BCUT2D eigenvalue weighted by Gasteiger charge is -2.16. The minimum Gasteiger partial charge on any atom is -0.491 e. The van der Waals surface area contributed by atoms with Gasteiger partial charge in [0.15, 0.2) is 0 Å². The third kappa shape index (κ3) is 2.69. The van der Waals surface area contributed by atoms with E-state index >= 15 is 0 Å². The average molecular weight is 296 g/mol. The van der Waals surface area contributed by atoms with Gasteiger partial charge in [-0.15, -0.1) is 0 Å². The first-order valence-corrected chi connectivity index (χ1v) is 7.52. The van der Waals surface area contributed by atoms with Crippen LogP contribution in [0.4, 0.5) is 0 Å². The van der Waals surface area contributed by atoms with E-state index in [1.54, 1.807) is 0 Å². The summed E-state index contributed by atoms with van der Waals surface area (Å²) in [7, 11) is 0. The number of aryl methyl sites for hydroxylation is 1. The van der Waals surface area contributed by atoms with Gasteiger partial charge in [-0.05, 0) is 61.6 Å². The Hall–Kier alpha value is -2.36. The number of fused-ring (bicyclic) bond motifs is 1. The molecule has 4 heteroatoms. The molecule has 0 unspecified atom stereocenters. The van der Waals surface area contributed by atoms with Crippen LogP contribution in [0.5, 0.6) is 5.75 Å². The number of hydrogen-bond donors (Lipinski definition) is 1. The number of benzene rings is 1. The van der Waals surface area contributed by atoms with Crippen LogP contribution in [0.2, 0.25) is 0 Å². The van der Waals surface area contributed by atoms with E-state index in [4.69, 9.17) is 4.74 Å². The molecule has 1 aromatic heterocycles. The summed E-state index contributed by atoms with van der Waals surface area (Å²) in [6, 6.07) is 6.05. The summed E-state index contributed by atoms with van der Waals surface area (Å²) in [6.07, 6.45) is 2.66. The van der Waals surface area contributed by atoms with Crippen molar-refractivity contribution in [2.24, 2.45) is 0 Å². The van der Waals surface area contributed by atoms with Crippen molar-refractivity contribution in [1.29, 1.82) is 0 Å². The molecule has 0 aliphatic carbocycles. The van der Waals surface area contributed by atoms with Crippen LogP contribution >= 0.6 is 0 Å². The lowest BCUT2D eigenvalue weighted by atomic mass is 9.94. The number of nitrogens with one attached hydrogen (secondary N) is 1.